The molecule has 2 fully saturated rings. The molecule has 2 saturated heterocycles. The third kappa shape index (κ3) is 3.60. The molecule has 2 aliphatic rings. The fraction of sp³-hybridized carbons (Fsp3) is 0.529. The van der Waals surface area contributed by atoms with E-state index >= 15 is 0 Å². The highest BCUT2D eigenvalue weighted by atomic mass is 35.5. The minimum atomic E-state index is -0.0101. The fourth-order valence-electron chi connectivity index (χ4n) is 3.31. The number of morpholine rings is 1. The summed E-state index contributed by atoms with van der Waals surface area (Å²) in [6.45, 7) is 4.13. The minimum Gasteiger partial charge on any atom is -0.378 e. The number of benzene rings is 1. The molecule has 3 rings (SSSR count). The molecule has 1 aromatic rings. The zero-order valence-electron chi connectivity index (χ0n) is 13.0. The number of anilines is 1. The topological polar surface area (TPSA) is 56.6 Å². The van der Waals surface area contributed by atoms with Gasteiger partial charge in [-0.1, -0.05) is 11.6 Å². The molecule has 0 radical (unpaired) electrons. The van der Waals surface area contributed by atoms with E-state index in [4.69, 9.17) is 16.3 Å². The lowest BCUT2D eigenvalue weighted by Crippen LogP contribution is -2.48. The Kier molecular flexibility index (Phi) is 5.04. The predicted molar refractivity (Wildman–Crippen MR) is 88.5 cm³/mol. The molecule has 1 atom stereocenters. The number of carbonyl (C=O) groups is 1. The van der Waals surface area contributed by atoms with E-state index in [0.717, 1.165) is 25.1 Å². The first-order valence-electron chi connectivity index (χ1n) is 8.00. The molecule has 0 aromatic heterocycles. The Morgan fingerprint density at radius 2 is 2.09 bits per heavy atom. The quantitative estimate of drug-likeness (QED) is 0.833. The summed E-state index contributed by atoms with van der Waals surface area (Å²) in [4.78, 5) is 16.7. The summed E-state index contributed by atoms with van der Waals surface area (Å²) >= 11 is 5.97. The minimum absolute atomic E-state index is 0.0101. The molecule has 6 heteroatoms. The van der Waals surface area contributed by atoms with Crippen LogP contribution in [0.3, 0.4) is 0 Å². The zero-order valence-corrected chi connectivity index (χ0v) is 13.8. The van der Waals surface area contributed by atoms with Crippen LogP contribution in [0.2, 0.25) is 5.02 Å². The molecule has 23 heavy (non-hydrogen) atoms. The zero-order chi connectivity index (χ0) is 16.2. The van der Waals surface area contributed by atoms with Gasteiger partial charge in [-0.15, -0.1) is 0 Å². The summed E-state index contributed by atoms with van der Waals surface area (Å²) in [7, 11) is 0. The number of hydrogen-bond acceptors (Lipinski definition) is 4. The maximum absolute atomic E-state index is 12.7. The second kappa shape index (κ2) is 7.20. The van der Waals surface area contributed by atoms with Gasteiger partial charge in [0.2, 0.25) is 5.91 Å². The Morgan fingerprint density at radius 3 is 2.83 bits per heavy atom. The van der Waals surface area contributed by atoms with E-state index in [2.05, 4.69) is 11.0 Å². The summed E-state index contributed by atoms with van der Waals surface area (Å²) in [5.74, 6) is 0.203. The van der Waals surface area contributed by atoms with Crippen LogP contribution in [0.25, 0.3) is 0 Å². The third-order valence-electron chi connectivity index (χ3n) is 4.51. The van der Waals surface area contributed by atoms with Crippen molar-refractivity contribution in [3.05, 3.63) is 28.8 Å². The van der Waals surface area contributed by atoms with Gasteiger partial charge >= 0.3 is 0 Å². The van der Waals surface area contributed by atoms with E-state index in [-0.39, 0.29) is 11.8 Å². The van der Waals surface area contributed by atoms with Crippen molar-refractivity contribution in [2.24, 2.45) is 5.92 Å². The predicted octanol–water partition coefficient (Wildman–Crippen LogP) is 2.29. The van der Waals surface area contributed by atoms with Crippen LogP contribution >= 0.6 is 11.6 Å². The molecule has 122 valence electrons. The van der Waals surface area contributed by atoms with E-state index in [1.165, 1.54) is 0 Å². The van der Waals surface area contributed by atoms with Crippen LogP contribution in [0.4, 0.5) is 5.69 Å². The second-order valence-electron chi connectivity index (χ2n) is 6.00. The number of hydrogen-bond donors (Lipinski definition) is 0. The van der Waals surface area contributed by atoms with Crippen molar-refractivity contribution in [2.75, 3.05) is 44.3 Å². The average Bonchev–Trinajstić information content (AvgIpc) is 2.61. The van der Waals surface area contributed by atoms with Crippen molar-refractivity contribution in [3.8, 4) is 6.07 Å². The van der Waals surface area contributed by atoms with E-state index in [1.54, 1.807) is 12.1 Å². The van der Waals surface area contributed by atoms with Crippen molar-refractivity contribution in [3.63, 3.8) is 0 Å². The molecule has 0 spiro atoms. The monoisotopic (exact) mass is 333 g/mol. The van der Waals surface area contributed by atoms with E-state index in [0.29, 0.717) is 43.4 Å². The van der Waals surface area contributed by atoms with Gasteiger partial charge < -0.3 is 14.5 Å². The van der Waals surface area contributed by atoms with Crippen LogP contribution in [0.5, 0.6) is 0 Å². The summed E-state index contributed by atoms with van der Waals surface area (Å²) in [5.41, 5.74) is 1.44. The van der Waals surface area contributed by atoms with Crippen molar-refractivity contribution in [1.29, 1.82) is 5.26 Å². The lowest BCUT2D eigenvalue weighted by Gasteiger charge is -2.37. The third-order valence-corrected chi connectivity index (χ3v) is 4.75. The Morgan fingerprint density at radius 1 is 1.30 bits per heavy atom. The van der Waals surface area contributed by atoms with E-state index < -0.39 is 0 Å². The van der Waals surface area contributed by atoms with Gasteiger partial charge in [0.05, 0.1) is 30.4 Å². The summed E-state index contributed by atoms with van der Waals surface area (Å²) in [5, 5.41) is 9.89. The van der Waals surface area contributed by atoms with Crippen molar-refractivity contribution in [1.82, 2.24) is 4.90 Å². The largest absolute Gasteiger partial charge is 0.378 e. The lowest BCUT2D eigenvalue weighted by atomic mass is 9.95. The molecule has 1 amide bonds. The Labute approximate surface area is 141 Å². The molecule has 0 aliphatic carbocycles. The molecule has 1 aromatic carbocycles. The number of piperidine rings is 1. The van der Waals surface area contributed by atoms with Crippen LogP contribution in [0, 0.1) is 17.2 Å². The van der Waals surface area contributed by atoms with Gasteiger partial charge in [0.1, 0.15) is 6.07 Å². The number of halogens is 1. The molecule has 2 heterocycles. The number of amides is 1. The van der Waals surface area contributed by atoms with Crippen LogP contribution < -0.4 is 4.90 Å². The number of carbonyl (C=O) groups excluding carboxylic acids is 1. The number of rotatable bonds is 2. The van der Waals surface area contributed by atoms with Crippen LogP contribution in [0.1, 0.15) is 18.4 Å². The average molecular weight is 334 g/mol. The van der Waals surface area contributed by atoms with Crippen molar-refractivity contribution in [2.45, 2.75) is 12.8 Å². The summed E-state index contributed by atoms with van der Waals surface area (Å²) < 4.78 is 5.32. The summed E-state index contributed by atoms with van der Waals surface area (Å²) in [6.07, 6.45) is 1.86. The fourth-order valence-corrected chi connectivity index (χ4v) is 3.49. The van der Waals surface area contributed by atoms with Crippen LogP contribution in [0.15, 0.2) is 18.2 Å². The molecule has 0 saturated carbocycles. The van der Waals surface area contributed by atoms with Crippen molar-refractivity contribution < 1.29 is 9.53 Å². The van der Waals surface area contributed by atoms with Gasteiger partial charge in [0.15, 0.2) is 0 Å². The lowest BCUT2D eigenvalue weighted by molar-refractivity contribution is -0.139. The van der Waals surface area contributed by atoms with Gasteiger partial charge in [0.25, 0.3) is 0 Å². The van der Waals surface area contributed by atoms with E-state index in [1.807, 2.05) is 11.0 Å². The van der Waals surface area contributed by atoms with Gasteiger partial charge in [-0.05, 0) is 31.0 Å². The Balaban J connectivity index is 1.73. The first-order chi connectivity index (χ1) is 11.2. The van der Waals surface area contributed by atoms with Gasteiger partial charge in [-0.2, -0.15) is 5.26 Å². The molecular formula is C17H20ClN3O2. The number of nitrogens with zero attached hydrogens (tertiary/aromatic N) is 3. The first-order valence-corrected chi connectivity index (χ1v) is 8.38. The maximum Gasteiger partial charge on any atom is 0.227 e. The normalized spacial score (nSPS) is 21.8. The highest BCUT2D eigenvalue weighted by molar-refractivity contribution is 6.30. The SMILES string of the molecule is N#Cc1cc(Cl)ccc1N1CCCC(C(=O)N2CCOCC2)C1. The van der Waals surface area contributed by atoms with Gasteiger partial charge in [-0.3, -0.25) is 4.79 Å². The number of nitriles is 1. The van der Waals surface area contributed by atoms with Gasteiger partial charge in [-0.25, -0.2) is 0 Å². The molecule has 0 N–H and O–H groups in total. The van der Waals surface area contributed by atoms with Crippen molar-refractivity contribution >= 4 is 23.2 Å². The molecule has 0 bridgehead atoms. The molecule has 2 aliphatic heterocycles. The maximum atomic E-state index is 12.7. The Hall–Kier alpha value is -1.77. The highest BCUT2D eigenvalue weighted by Gasteiger charge is 2.30. The smallest absolute Gasteiger partial charge is 0.227 e. The highest BCUT2D eigenvalue weighted by Crippen LogP contribution is 2.29. The summed E-state index contributed by atoms with van der Waals surface area (Å²) in [6, 6.07) is 7.56. The molecule has 5 nitrogen and oxygen atoms in total. The first kappa shape index (κ1) is 16.1. The molecule has 1 unspecified atom stereocenters. The molecular weight excluding hydrogens is 314 g/mol. The van der Waals surface area contributed by atoms with E-state index in [9.17, 15) is 10.1 Å². The Bertz CT molecular complexity index is 623. The van der Waals surface area contributed by atoms with Crippen LogP contribution in [-0.4, -0.2) is 50.2 Å². The van der Waals surface area contributed by atoms with Crippen LogP contribution in [-0.2, 0) is 9.53 Å². The van der Waals surface area contributed by atoms with Gasteiger partial charge in [0, 0.05) is 31.2 Å². The second-order valence-corrected chi connectivity index (χ2v) is 6.43. The number of ether oxygens (including phenoxy) is 1. The standard InChI is InChI=1S/C17H20ClN3O2/c18-15-3-4-16(14(10-15)11-19)21-5-1-2-13(12-21)17(22)20-6-8-23-9-7-20/h3-4,10,13H,1-2,5-9,12H2.